The first-order valence-corrected chi connectivity index (χ1v) is 7.60. The Bertz CT molecular complexity index is 955. The number of ether oxygens (including phenoxy) is 1. The van der Waals surface area contributed by atoms with Crippen molar-refractivity contribution in [1.82, 2.24) is 4.98 Å². The molecule has 2 aromatic carbocycles. The lowest BCUT2D eigenvalue weighted by Crippen LogP contribution is -2.07. The average Bonchev–Trinajstić information content (AvgIpc) is 2.99. The molecule has 0 saturated carbocycles. The number of carbonyl (C=O) groups excluding carboxylic acids is 2. The van der Waals surface area contributed by atoms with Crippen LogP contribution in [0.5, 0.6) is 0 Å². The molecule has 0 aliphatic rings. The predicted molar refractivity (Wildman–Crippen MR) is 94.2 cm³/mol. The van der Waals surface area contributed by atoms with Crippen molar-refractivity contribution >= 4 is 34.7 Å². The van der Waals surface area contributed by atoms with Crippen LogP contribution in [0.1, 0.15) is 21.8 Å². The number of nitrogens with one attached hydrogen (secondary N) is 1. The molecule has 0 unspecified atom stereocenters. The first-order chi connectivity index (χ1) is 12.0. The lowest BCUT2D eigenvalue weighted by atomic mass is 10.1. The summed E-state index contributed by atoms with van der Waals surface area (Å²) < 4.78 is 10.0. The van der Waals surface area contributed by atoms with Crippen LogP contribution in [0.2, 0.25) is 0 Å². The van der Waals surface area contributed by atoms with Crippen LogP contribution >= 0.6 is 0 Å². The predicted octanol–water partition coefficient (Wildman–Crippen LogP) is 3.57. The molecule has 25 heavy (non-hydrogen) atoms. The van der Waals surface area contributed by atoms with Crippen molar-refractivity contribution in [3.63, 3.8) is 0 Å². The largest absolute Gasteiger partial charge is 0.465 e. The van der Waals surface area contributed by atoms with Gasteiger partial charge < -0.3 is 14.5 Å². The topological polar surface area (TPSA) is 81.4 Å². The highest BCUT2D eigenvalue weighted by Crippen LogP contribution is 2.19. The first-order valence-electron chi connectivity index (χ1n) is 7.60. The second kappa shape index (κ2) is 7.00. The van der Waals surface area contributed by atoms with Crippen molar-refractivity contribution in [3.8, 4) is 0 Å². The summed E-state index contributed by atoms with van der Waals surface area (Å²) in [6.45, 7) is 1.77. The van der Waals surface area contributed by atoms with Gasteiger partial charge in [0.25, 0.3) is 0 Å². The zero-order valence-corrected chi connectivity index (χ0v) is 13.8. The van der Waals surface area contributed by atoms with E-state index in [1.165, 1.54) is 13.2 Å². The van der Waals surface area contributed by atoms with E-state index in [9.17, 15) is 9.59 Å². The van der Waals surface area contributed by atoms with E-state index < -0.39 is 5.97 Å². The summed E-state index contributed by atoms with van der Waals surface area (Å²) in [5.41, 5.74) is 3.26. The molecule has 3 aromatic rings. The van der Waals surface area contributed by atoms with Gasteiger partial charge in [-0.15, -0.1) is 0 Å². The molecule has 0 spiro atoms. The smallest absolute Gasteiger partial charge is 0.337 e. The standard InChI is InChI=1S/C19H16N2O4/c1-12-20-16-11-15(8-9-17(16)25-12)21-18(22)10-5-13-3-6-14(7-4-13)19(23)24-2/h3-11H,1-2H3,(H,21,22)/b10-5+. The number of fused-ring (bicyclic) bond motifs is 1. The van der Waals surface area contributed by atoms with E-state index in [1.807, 2.05) is 0 Å². The maximum Gasteiger partial charge on any atom is 0.337 e. The third-order valence-electron chi connectivity index (χ3n) is 3.52. The van der Waals surface area contributed by atoms with Crippen LogP contribution in [0.15, 0.2) is 53.0 Å². The fourth-order valence-corrected chi connectivity index (χ4v) is 2.32. The van der Waals surface area contributed by atoms with Gasteiger partial charge in [-0.2, -0.15) is 0 Å². The van der Waals surface area contributed by atoms with Gasteiger partial charge in [0.05, 0.1) is 12.7 Å². The lowest BCUT2D eigenvalue weighted by Gasteiger charge is -2.02. The Labute approximate surface area is 144 Å². The van der Waals surface area contributed by atoms with Gasteiger partial charge in [0.1, 0.15) is 5.52 Å². The second-order valence-corrected chi connectivity index (χ2v) is 5.35. The quantitative estimate of drug-likeness (QED) is 0.582. The normalized spacial score (nSPS) is 11.0. The fraction of sp³-hybridized carbons (Fsp3) is 0.105. The zero-order valence-electron chi connectivity index (χ0n) is 13.8. The highest BCUT2D eigenvalue weighted by Gasteiger charge is 2.05. The molecule has 6 nitrogen and oxygen atoms in total. The number of nitrogens with zero attached hydrogens (tertiary/aromatic N) is 1. The number of hydrogen-bond acceptors (Lipinski definition) is 5. The van der Waals surface area contributed by atoms with E-state index in [0.717, 1.165) is 5.56 Å². The maximum absolute atomic E-state index is 12.0. The number of benzene rings is 2. The van der Waals surface area contributed by atoms with Gasteiger partial charge in [-0.25, -0.2) is 9.78 Å². The van der Waals surface area contributed by atoms with Gasteiger partial charge in [-0.3, -0.25) is 4.79 Å². The second-order valence-electron chi connectivity index (χ2n) is 5.35. The number of oxazole rings is 1. The van der Waals surface area contributed by atoms with E-state index in [0.29, 0.717) is 28.2 Å². The molecule has 0 saturated heterocycles. The summed E-state index contributed by atoms with van der Waals surface area (Å²) in [7, 11) is 1.33. The van der Waals surface area contributed by atoms with Gasteiger partial charge in [0.15, 0.2) is 11.5 Å². The van der Waals surface area contributed by atoms with Gasteiger partial charge in [0, 0.05) is 18.7 Å². The molecular weight excluding hydrogens is 320 g/mol. The van der Waals surface area contributed by atoms with Crippen LogP contribution in [0.4, 0.5) is 5.69 Å². The Morgan fingerprint density at radius 2 is 1.92 bits per heavy atom. The summed E-state index contributed by atoms with van der Waals surface area (Å²) >= 11 is 0. The molecule has 0 fully saturated rings. The number of anilines is 1. The number of amides is 1. The Morgan fingerprint density at radius 3 is 2.64 bits per heavy atom. The maximum atomic E-state index is 12.0. The number of hydrogen-bond donors (Lipinski definition) is 1. The van der Waals surface area contributed by atoms with Gasteiger partial charge in [-0.1, -0.05) is 12.1 Å². The van der Waals surface area contributed by atoms with Gasteiger partial charge in [0.2, 0.25) is 5.91 Å². The molecule has 0 aliphatic heterocycles. The highest BCUT2D eigenvalue weighted by molar-refractivity contribution is 6.02. The highest BCUT2D eigenvalue weighted by atomic mass is 16.5. The Kier molecular flexibility index (Phi) is 4.61. The van der Waals surface area contributed by atoms with E-state index in [1.54, 1.807) is 55.5 Å². The fourth-order valence-electron chi connectivity index (χ4n) is 2.32. The monoisotopic (exact) mass is 336 g/mol. The molecule has 0 atom stereocenters. The summed E-state index contributed by atoms with van der Waals surface area (Å²) in [5.74, 6) is -0.0860. The van der Waals surface area contributed by atoms with E-state index >= 15 is 0 Å². The number of methoxy groups -OCH3 is 1. The minimum Gasteiger partial charge on any atom is -0.465 e. The van der Waals surface area contributed by atoms with Gasteiger partial charge >= 0.3 is 5.97 Å². The number of aromatic nitrogens is 1. The molecule has 0 aliphatic carbocycles. The minimum atomic E-state index is -0.397. The van der Waals surface area contributed by atoms with Crippen LogP contribution < -0.4 is 5.32 Å². The van der Waals surface area contributed by atoms with Crippen molar-refractivity contribution in [2.45, 2.75) is 6.92 Å². The Morgan fingerprint density at radius 1 is 1.16 bits per heavy atom. The SMILES string of the molecule is COC(=O)c1ccc(/C=C/C(=O)Nc2ccc3oc(C)nc3c2)cc1. The van der Waals surface area contributed by atoms with E-state index in [4.69, 9.17) is 4.42 Å². The van der Waals surface area contributed by atoms with Crippen molar-refractivity contribution < 1.29 is 18.7 Å². The van der Waals surface area contributed by atoms with Crippen molar-refractivity contribution in [2.24, 2.45) is 0 Å². The molecule has 6 heteroatoms. The van der Waals surface area contributed by atoms with Crippen LogP contribution in [0.25, 0.3) is 17.2 Å². The number of rotatable bonds is 4. The van der Waals surface area contributed by atoms with E-state index in [-0.39, 0.29) is 5.91 Å². The lowest BCUT2D eigenvalue weighted by molar-refractivity contribution is -0.111. The van der Waals surface area contributed by atoms with Crippen LogP contribution in [-0.4, -0.2) is 24.0 Å². The van der Waals surface area contributed by atoms with Crippen molar-refractivity contribution in [2.75, 3.05) is 12.4 Å². The van der Waals surface area contributed by atoms with Crippen LogP contribution in [-0.2, 0) is 9.53 Å². The summed E-state index contributed by atoms with van der Waals surface area (Å²) in [6.07, 6.45) is 3.08. The van der Waals surface area contributed by atoms with E-state index in [2.05, 4.69) is 15.0 Å². The molecule has 126 valence electrons. The Balaban J connectivity index is 1.66. The molecule has 1 N–H and O–H groups in total. The number of carbonyl (C=O) groups is 2. The summed E-state index contributed by atoms with van der Waals surface area (Å²) in [4.78, 5) is 27.6. The molecule has 0 bridgehead atoms. The zero-order chi connectivity index (χ0) is 17.8. The molecule has 3 rings (SSSR count). The third kappa shape index (κ3) is 3.92. The van der Waals surface area contributed by atoms with Crippen molar-refractivity contribution in [3.05, 3.63) is 65.6 Å². The van der Waals surface area contributed by atoms with Gasteiger partial charge in [-0.05, 0) is 42.0 Å². The summed E-state index contributed by atoms with van der Waals surface area (Å²) in [5, 5.41) is 2.77. The Hall–Kier alpha value is -3.41. The number of esters is 1. The molecule has 1 heterocycles. The van der Waals surface area contributed by atoms with Crippen LogP contribution in [0, 0.1) is 6.92 Å². The number of aryl methyl sites for hydroxylation is 1. The molecule has 1 amide bonds. The average molecular weight is 336 g/mol. The molecule has 1 aromatic heterocycles. The van der Waals surface area contributed by atoms with Crippen molar-refractivity contribution in [1.29, 1.82) is 0 Å². The first kappa shape index (κ1) is 16.4. The molecular formula is C19H16N2O4. The third-order valence-corrected chi connectivity index (χ3v) is 3.52. The van der Waals surface area contributed by atoms with Crippen LogP contribution in [0.3, 0.4) is 0 Å². The summed E-state index contributed by atoms with van der Waals surface area (Å²) in [6, 6.07) is 12.0. The molecule has 0 radical (unpaired) electrons. The minimum absolute atomic E-state index is 0.267.